The molecule has 1 heterocycles. The number of fused-ring (bicyclic) bond motifs is 1. The fourth-order valence-corrected chi connectivity index (χ4v) is 3.25. The van der Waals surface area contributed by atoms with Gasteiger partial charge in [0.15, 0.2) is 11.3 Å². The summed E-state index contributed by atoms with van der Waals surface area (Å²) in [5, 5.41) is 3.38. The van der Waals surface area contributed by atoms with Crippen LogP contribution in [0.15, 0.2) is 51.7 Å². The molecule has 0 bridgehead atoms. The van der Waals surface area contributed by atoms with E-state index in [1.54, 1.807) is 18.2 Å². The van der Waals surface area contributed by atoms with Crippen molar-refractivity contribution in [3.8, 4) is 5.75 Å². The minimum Gasteiger partial charge on any atom is -0.490 e. The molecule has 3 aromatic rings. The zero-order valence-corrected chi connectivity index (χ0v) is 15.9. The molecule has 0 spiro atoms. The monoisotopic (exact) mass is 378 g/mol. The molecule has 1 amide bonds. The number of hydrogen-bond donors (Lipinski definition) is 2. The van der Waals surface area contributed by atoms with E-state index in [2.05, 4.69) is 5.32 Å². The first-order chi connectivity index (χ1) is 13.4. The number of ether oxygens (including phenoxy) is 1. The molecule has 0 saturated heterocycles. The molecule has 1 aliphatic carbocycles. The number of nitrogens with one attached hydrogen (secondary N) is 1. The van der Waals surface area contributed by atoms with Gasteiger partial charge in [-0.3, -0.25) is 4.79 Å². The second-order valence-corrected chi connectivity index (χ2v) is 7.20. The number of benzene rings is 2. The van der Waals surface area contributed by atoms with Crippen LogP contribution in [0.1, 0.15) is 41.3 Å². The van der Waals surface area contributed by atoms with Gasteiger partial charge in [-0.2, -0.15) is 0 Å². The van der Waals surface area contributed by atoms with E-state index < -0.39 is 11.5 Å². The number of amides is 1. The maximum Gasteiger partial charge on any atom is 0.349 e. The minimum atomic E-state index is -0.702. The molecule has 28 heavy (non-hydrogen) atoms. The van der Waals surface area contributed by atoms with Gasteiger partial charge in [-0.05, 0) is 56.0 Å². The fraction of sp³-hybridized carbons (Fsp3) is 0.273. The van der Waals surface area contributed by atoms with E-state index in [4.69, 9.17) is 14.9 Å². The molecular weight excluding hydrogens is 356 g/mol. The number of nitrogens with two attached hydrogens (primary N) is 1. The second-order valence-electron chi connectivity index (χ2n) is 7.20. The zero-order valence-electron chi connectivity index (χ0n) is 15.9. The summed E-state index contributed by atoms with van der Waals surface area (Å²) in [5.74, 6) is 0.00579. The Labute approximate surface area is 162 Å². The quantitative estimate of drug-likeness (QED) is 0.660. The van der Waals surface area contributed by atoms with Crippen molar-refractivity contribution in [2.45, 2.75) is 32.2 Å². The van der Waals surface area contributed by atoms with Gasteiger partial charge in [-0.15, -0.1) is 0 Å². The smallest absolute Gasteiger partial charge is 0.349 e. The lowest BCUT2D eigenvalue weighted by atomic mass is 10.1. The van der Waals surface area contributed by atoms with Crippen molar-refractivity contribution in [1.82, 2.24) is 0 Å². The molecule has 144 valence electrons. The molecule has 4 rings (SSSR count). The molecule has 1 aliphatic rings. The van der Waals surface area contributed by atoms with Crippen molar-refractivity contribution < 1.29 is 13.9 Å². The summed E-state index contributed by atoms with van der Waals surface area (Å²) in [7, 11) is 0. The Morgan fingerprint density at radius 3 is 2.57 bits per heavy atom. The summed E-state index contributed by atoms with van der Waals surface area (Å²) < 4.78 is 11.0. The number of carbonyl (C=O) groups excluding carboxylic acids is 1. The largest absolute Gasteiger partial charge is 0.490 e. The van der Waals surface area contributed by atoms with Crippen molar-refractivity contribution >= 4 is 22.6 Å². The van der Waals surface area contributed by atoms with Gasteiger partial charge in [0.2, 0.25) is 0 Å². The standard InChI is InChI=1S/C22H22N2O4/c1-3-27-18-13(2)4-5-14-12-17(21(26)28-19(14)18)20(25)24-16-8-6-15(7-9-16)22(23)10-11-22/h4-9,12H,3,10-11,23H2,1-2H3,(H,24,25). The van der Waals surface area contributed by atoms with E-state index in [0.717, 1.165) is 24.0 Å². The highest BCUT2D eigenvalue weighted by molar-refractivity contribution is 6.05. The third-order valence-electron chi connectivity index (χ3n) is 5.09. The van der Waals surface area contributed by atoms with Gasteiger partial charge in [0.1, 0.15) is 5.56 Å². The molecule has 1 aromatic heterocycles. The number of carbonyl (C=O) groups is 1. The van der Waals surface area contributed by atoms with Crippen molar-refractivity contribution in [3.05, 3.63) is 69.6 Å². The Balaban J connectivity index is 1.63. The number of aryl methyl sites for hydroxylation is 1. The van der Waals surface area contributed by atoms with Crippen LogP contribution in [-0.4, -0.2) is 12.5 Å². The number of anilines is 1. The summed E-state index contributed by atoms with van der Waals surface area (Å²) >= 11 is 0. The second kappa shape index (κ2) is 6.80. The predicted molar refractivity (Wildman–Crippen MR) is 108 cm³/mol. The van der Waals surface area contributed by atoms with Gasteiger partial charge < -0.3 is 20.2 Å². The molecule has 1 saturated carbocycles. The van der Waals surface area contributed by atoms with Crippen LogP contribution in [0.25, 0.3) is 11.0 Å². The molecule has 0 radical (unpaired) electrons. The summed E-state index contributed by atoms with van der Waals surface area (Å²) in [4.78, 5) is 25.1. The first-order valence-electron chi connectivity index (χ1n) is 9.32. The highest BCUT2D eigenvalue weighted by Crippen LogP contribution is 2.42. The average molecular weight is 378 g/mol. The van der Waals surface area contributed by atoms with Crippen LogP contribution in [0.5, 0.6) is 5.75 Å². The summed E-state index contributed by atoms with van der Waals surface area (Å²) in [5.41, 5.74) is 8.06. The highest BCUT2D eigenvalue weighted by Gasteiger charge is 2.39. The van der Waals surface area contributed by atoms with Crippen LogP contribution in [0, 0.1) is 6.92 Å². The Bertz CT molecular complexity index is 1110. The fourth-order valence-electron chi connectivity index (χ4n) is 3.25. The van der Waals surface area contributed by atoms with E-state index in [-0.39, 0.29) is 11.1 Å². The highest BCUT2D eigenvalue weighted by atomic mass is 16.5. The minimum absolute atomic E-state index is 0.0552. The normalized spacial score (nSPS) is 14.7. The summed E-state index contributed by atoms with van der Waals surface area (Å²) in [6.45, 7) is 4.19. The lowest BCUT2D eigenvalue weighted by molar-refractivity contribution is 0.102. The number of hydrogen-bond acceptors (Lipinski definition) is 5. The molecule has 6 heteroatoms. The van der Waals surface area contributed by atoms with Crippen LogP contribution in [0.3, 0.4) is 0 Å². The SMILES string of the molecule is CCOc1c(C)ccc2cc(C(=O)Nc3ccc(C4(N)CC4)cc3)c(=O)oc12. The first-order valence-corrected chi connectivity index (χ1v) is 9.32. The summed E-state index contributed by atoms with van der Waals surface area (Å²) in [6.07, 6.45) is 1.94. The Morgan fingerprint density at radius 1 is 1.21 bits per heavy atom. The third kappa shape index (κ3) is 3.27. The van der Waals surface area contributed by atoms with Gasteiger partial charge in [-0.1, -0.05) is 24.3 Å². The lowest BCUT2D eigenvalue weighted by Gasteiger charge is -2.11. The van der Waals surface area contributed by atoms with Crippen molar-refractivity contribution in [2.75, 3.05) is 11.9 Å². The van der Waals surface area contributed by atoms with Crippen molar-refractivity contribution in [2.24, 2.45) is 5.73 Å². The van der Waals surface area contributed by atoms with Gasteiger partial charge in [0, 0.05) is 16.6 Å². The lowest BCUT2D eigenvalue weighted by Crippen LogP contribution is -2.21. The van der Waals surface area contributed by atoms with Crippen LogP contribution in [0.4, 0.5) is 5.69 Å². The molecular formula is C22H22N2O4. The van der Waals surface area contributed by atoms with Crippen molar-refractivity contribution in [1.29, 1.82) is 0 Å². The maximum atomic E-state index is 12.6. The van der Waals surface area contributed by atoms with E-state index in [1.165, 1.54) is 6.07 Å². The maximum absolute atomic E-state index is 12.6. The molecule has 2 aromatic carbocycles. The molecule has 0 aliphatic heterocycles. The molecule has 6 nitrogen and oxygen atoms in total. The van der Waals surface area contributed by atoms with Crippen LogP contribution >= 0.6 is 0 Å². The van der Waals surface area contributed by atoms with E-state index >= 15 is 0 Å². The Morgan fingerprint density at radius 2 is 1.93 bits per heavy atom. The predicted octanol–water partition coefficient (Wildman–Crippen LogP) is 3.70. The molecule has 3 N–H and O–H groups in total. The van der Waals surface area contributed by atoms with Crippen LogP contribution in [0.2, 0.25) is 0 Å². The van der Waals surface area contributed by atoms with E-state index in [1.807, 2.05) is 32.0 Å². The van der Waals surface area contributed by atoms with Crippen LogP contribution in [-0.2, 0) is 5.54 Å². The third-order valence-corrected chi connectivity index (χ3v) is 5.09. The van der Waals surface area contributed by atoms with Gasteiger partial charge in [-0.25, -0.2) is 4.79 Å². The summed E-state index contributed by atoms with van der Waals surface area (Å²) in [6, 6.07) is 12.6. The Hall–Kier alpha value is -3.12. The molecule has 1 fully saturated rings. The number of rotatable bonds is 5. The topological polar surface area (TPSA) is 94.6 Å². The van der Waals surface area contributed by atoms with Gasteiger partial charge in [0.25, 0.3) is 5.91 Å². The van der Waals surface area contributed by atoms with Crippen molar-refractivity contribution in [3.63, 3.8) is 0 Å². The van der Waals surface area contributed by atoms with Gasteiger partial charge in [0.05, 0.1) is 6.61 Å². The average Bonchev–Trinajstić information content (AvgIpc) is 3.43. The van der Waals surface area contributed by atoms with E-state index in [0.29, 0.717) is 29.0 Å². The van der Waals surface area contributed by atoms with E-state index in [9.17, 15) is 9.59 Å². The zero-order chi connectivity index (χ0) is 19.9. The van der Waals surface area contributed by atoms with Gasteiger partial charge >= 0.3 is 5.63 Å². The molecule has 0 atom stereocenters. The Kier molecular flexibility index (Phi) is 4.43. The van der Waals surface area contributed by atoms with Crippen LogP contribution < -0.4 is 21.4 Å². The molecule has 0 unspecified atom stereocenters. The first kappa shape index (κ1) is 18.3.